The summed E-state index contributed by atoms with van der Waals surface area (Å²) in [7, 11) is 0. The van der Waals surface area contributed by atoms with Gasteiger partial charge in [-0.15, -0.1) is 0 Å². The minimum atomic E-state index is 0.237. The molecule has 0 aliphatic heterocycles. The molecule has 2 nitrogen and oxygen atoms in total. The Kier molecular flexibility index (Phi) is 33.8. The molecular weight excluding hydrogens is 424 g/mol. The van der Waals surface area contributed by atoms with Gasteiger partial charge in [0.1, 0.15) is 0 Å². The van der Waals surface area contributed by atoms with Crippen molar-refractivity contribution in [3.63, 3.8) is 0 Å². The molecule has 0 radical (unpaired) electrons. The first-order valence-corrected chi connectivity index (χ1v) is 16.5. The van der Waals surface area contributed by atoms with Crippen molar-refractivity contribution in [3.8, 4) is 0 Å². The zero-order chi connectivity index (χ0) is 26.3. The van der Waals surface area contributed by atoms with Crippen molar-refractivity contribution in [1.82, 2.24) is 10.9 Å². The minimum Gasteiger partial charge on any atom is -0.257 e. The van der Waals surface area contributed by atoms with Gasteiger partial charge in [-0.05, 0) is 26.7 Å². The van der Waals surface area contributed by atoms with Crippen LogP contribution in [0.25, 0.3) is 0 Å². The highest BCUT2D eigenvalue weighted by atomic mass is 15.4. The molecule has 0 bridgehead atoms. The molecular formula is C33H72N2. The highest BCUT2D eigenvalue weighted by Gasteiger charge is 2.14. The Bertz CT molecular complexity index is 333. The van der Waals surface area contributed by atoms with Crippen LogP contribution < -0.4 is 10.9 Å². The highest BCUT2D eigenvalue weighted by molar-refractivity contribution is 4.73. The first-order valence-electron chi connectivity index (χ1n) is 16.5. The molecule has 0 unspecified atom stereocenters. The summed E-state index contributed by atoms with van der Waals surface area (Å²) in [5.41, 5.74) is 6.90. The fourth-order valence-corrected chi connectivity index (χ4v) is 4.78. The molecule has 214 valence electrons. The smallest absolute Gasteiger partial charge is 0.0267 e. The fourth-order valence-electron chi connectivity index (χ4n) is 4.78. The molecule has 2 heteroatoms. The van der Waals surface area contributed by atoms with E-state index in [1.54, 1.807) is 0 Å². The van der Waals surface area contributed by atoms with E-state index in [9.17, 15) is 0 Å². The van der Waals surface area contributed by atoms with Crippen LogP contribution in [0.3, 0.4) is 0 Å². The minimum absolute atomic E-state index is 0.237. The molecule has 0 rings (SSSR count). The number of hydrogen-bond donors (Lipinski definition) is 2. The Morgan fingerprint density at radius 1 is 0.371 bits per heavy atom. The SMILES string of the molecule is CCCCCCCCCCCCCCCCCCCCCC.CCCCCNNC(C)(C)CCC. The number of hydrazine groups is 1. The molecule has 0 spiro atoms. The van der Waals surface area contributed by atoms with Crippen molar-refractivity contribution in [3.05, 3.63) is 0 Å². The van der Waals surface area contributed by atoms with Gasteiger partial charge in [-0.3, -0.25) is 10.9 Å². The van der Waals surface area contributed by atoms with Crippen LogP contribution in [-0.4, -0.2) is 12.1 Å². The largest absolute Gasteiger partial charge is 0.257 e. The summed E-state index contributed by atoms with van der Waals surface area (Å²) in [5, 5.41) is 0. The molecule has 0 fully saturated rings. The van der Waals surface area contributed by atoms with E-state index in [2.05, 4.69) is 52.4 Å². The topological polar surface area (TPSA) is 24.1 Å². The summed E-state index contributed by atoms with van der Waals surface area (Å²) >= 11 is 0. The fraction of sp³-hybridized carbons (Fsp3) is 1.00. The van der Waals surface area contributed by atoms with Crippen molar-refractivity contribution in [2.24, 2.45) is 0 Å². The predicted octanol–water partition coefficient (Wildman–Crippen LogP) is 11.7. The molecule has 0 aromatic rings. The molecule has 0 aromatic heterocycles. The first-order chi connectivity index (χ1) is 17.0. The van der Waals surface area contributed by atoms with Crippen LogP contribution in [0, 0.1) is 0 Å². The van der Waals surface area contributed by atoms with E-state index in [1.165, 1.54) is 161 Å². The van der Waals surface area contributed by atoms with Crippen LogP contribution in [0.1, 0.15) is 202 Å². The third-order valence-electron chi connectivity index (χ3n) is 7.16. The van der Waals surface area contributed by atoms with Gasteiger partial charge >= 0.3 is 0 Å². The van der Waals surface area contributed by atoms with Crippen LogP contribution in [0.2, 0.25) is 0 Å². The lowest BCUT2D eigenvalue weighted by Crippen LogP contribution is -2.48. The molecule has 0 heterocycles. The number of nitrogens with one attached hydrogen (secondary N) is 2. The van der Waals surface area contributed by atoms with Gasteiger partial charge in [0.05, 0.1) is 0 Å². The normalized spacial score (nSPS) is 11.5. The van der Waals surface area contributed by atoms with Gasteiger partial charge in [-0.25, -0.2) is 0 Å². The van der Waals surface area contributed by atoms with Gasteiger partial charge in [-0.2, -0.15) is 0 Å². The van der Waals surface area contributed by atoms with Gasteiger partial charge in [-0.1, -0.05) is 175 Å². The van der Waals surface area contributed by atoms with E-state index in [-0.39, 0.29) is 5.54 Å². The molecule has 0 saturated carbocycles. The molecule has 0 atom stereocenters. The maximum atomic E-state index is 3.37. The third kappa shape index (κ3) is 36.1. The summed E-state index contributed by atoms with van der Waals surface area (Å²) in [6.45, 7) is 14.6. The first kappa shape index (κ1) is 37.1. The molecule has 0 aromatic carbocycles. The van der Waals surface area contributed by atoms with Crippen molar-refractivity contribution >= 4 is 0 Å². The van der Waals surface area contributed by atoms with Crippen LogP contribution in [-0.2, 0) is 0 Å². The summed E-state index contributed by atoms with van der Waals surface area (Å²) in [4.78, 5) is 0. The summed E-state index contributed by atoms with van der Waals surface area (Å²) in [5.74, 6) is 0. The van der Waals surface area contributed by atoms with Gasteiger partial charge in [0.2, 0.25) is 0 Å². The van der Waals surface area contributed by atoms with Crippen molar-refractivity contribution in [2.75, 3.05) is 6.54 Å². The zero-order valence-corrected chi connectivity index (χ0v) is 25.9. The van der Waals surface area contributed by atoms with E-state index in [4.69, 9.17) is 0 Å². The van der Waals surface area contributed by atoms with Crippen LogP contribution in [0.4, 0.5) is 0 Å². The quantitative estimate of drug-likeness (QED) is 0.0872. The van der Waals surface area contributed by atoms with Gasteiger partial charge < -0.3 is 0 Å². The van der Waals surface area contributed by atoms with Gasteiger partial charge in [0.15, 0.2) is 0 Å². The molecule has 0 aliphatic rings. The Morgan fingerprint density at radius 3 is 0.943 bits per heavy atom. The number of rotatable bonds is 27. The average molecular weight is 497 g/mol. The van der Waals surface area contributed by atoms with Crippen LogP contribution in [0.5, 0.6) is 0 Å². The summed E-state index contributed by atoms with van der Waals surface area (Å²) in [6, 6.07) is 0. The van der Waals surface area contributed by atoms with E-state index >= 15 is 0 Å². The predicted molar refractivity (Wildman–Crippen MR) is 163 cm³/mol. The maximum absolute atomic E-state index is 3.37. The molecule has 35 heavy (non-hydrogen) atoms. The lowest BCUT2D eigenvalue weighted by Gasteiger charge is -2.26. The molecule has 0 saturated heterocycles. The molecule has 2 N–H and O–H groups in total. The molecule has 0 aliphatic carbocycles. The second-order valence-corrected chi connectivity index (χ2v) is 11.8. The van der Waals surface area contributed by atoms with E-state index in [0.29, 0.717) is 0 Å². The van der Waals surface area contributed by atoms with Crippen molar-refractivity contribution in [1.29, 1.82) is 0 Å². The summed E-state index contributed by atoms with van der Waals surface area (Å²) < 4.78 is 0. The summed E-state index contributed by atoms with van der Waals surface area (Å²) in [6.07, 6.45) is 35.7. The number of unbranched alkanes of at least 4 members (excludes halogenated alkanes) is 21. The Morgan fingerprint density at radius 2 is 0.657 bits per heavy atom. The second kappa shape index (κ2) is 31.9. The zero-order valence-electron chi connectivity index (χ0n) is 25.9. The van der Waals surface area contributed by atoms with E-state index < -0.39 is 0 Å². The lowest BCUT2D eigenvalue weighted by molar-refractivity contribution is 0.306. The van der Waals surface area contributed by atoms with Gasteiger partial charge in [0.25, 0.3) is 0 Å². The third-order valence-corrected chi connectivity index (χ3v) is 7.16. The molecule has 0 amide bonds. The van der Waals surface area contributed by atoms with Gasteiger partial charge in [0, 0.05) is 12.1 Å². The lowest BCUT2D eigenvalue weighted by atomic mass is 10.0. The van der Waals surface area contributed by atoms with Crippen molar-refractivity contribution in [2.45, 2.75) is 208 Å². The standard InChI is InChI=1S/C22H46.C11H26N2/c1-3-5-7-9-11-13-15-17-19-21-22-20-18-16-14-12-10-8-6-4-2;1-5-7-8-10-12-13-11(3,4)9-6-2/h3-22H2,1-2H3;12-13H,5-10H2,1-4H3. The Hall–Kier alpha value is -0.0800. The monoisotopic (exact) mass is 497 g/mol. The van der Waals surface area contributed by atoms with E-state index in [1.807, 2.05) is 0 Å². The highest BCUT2D eigenvalue weighted by Crippen LogP contribution is 2.14. The van der Waals surface area contributed by atoms with E-state index in [0.717, 1.165) is 6.54 Å². The average Bonchev–Trinajstić information content (AvgIpc) is 2.83. The second-order valence-electron chi connectivity index (χ2n) is 11.8. The Labute approximate surface area is 224 Å². The number of hydrogen-bond acceptors (Lipinski definition) is 2. The van der Waals surface area contributed by atoms with Crippen LogP contribution >= 0.6 is 0 Å². The maximum Gasteiger partial charge on any atom is 0.0267 e. The Balaban J connectivity index is 0. The van der Waals surface area contributed by atoms with Crippen molar-refractivity contribution < 1.29 is 0 Å². The van der Waals surface area contributed by atoms with Crippen LogP contribution in [0.15, 0.2) is 0 Å².